The molecule has 0 N–H and O–H groups in total. The number of alkyl halides is 1. The maximum atomic E-state index is 3.97. The van der Waals surface area contributed by atoms with E-state index in [2.05, 4.69) is 103 Å². The first-order valence-corrected chi connectivity index (χ1v) is 10.6. The Morgan fingerprint density at radius 2 is 1.59 bits per heavy atom. The quantitative estimate of drug-likeness (QED) is 0.447. The van der Waals surface area contributed by atoms with E-state index in [1.807, 2.05) is 0 Å². The maximum Gasteiger partial charge on any atom is 0.0656 e. The Labute approximate surface area is 170 Å². The highest BCUT2D eigenvalue weighted by molar-refractivity contribution is 9.09. The Hall–Kier alpha value is -2.12. The Kier molecular flexibility index (Phi) is 3.74. The fraction of sp³-hybridized carbons (Fsp3) is 0.231. The molecule has 0 amide bonds. The first-order chi connectivity index (χ1) is 13.0. The van der Waals surface area contributed by atoms with Crippen LogP contribution in [0.1, 0.15) is 47.9 Å². The van der Waals surface area contributed by atoms with Gasteiger partial charge in [0.05, 0.1) is 4.83 Å². The summed E-state index contributed by atoms with van der Waals surface area (Å²) in [6.45, 7) is 7.06. The molecule has 0 aromatic heterocycles. The average molecular weight is 415 g/mol. The van der Waals surface area contributed by atoms with Crippen molar-refractivity contribution >= 4 is 28.1 Å². The highest BCUT2D eigenvalue weighted by Crippen LogP contribution is 2.55. The molecule has 3 aliphatic carbocycles. The van der Waals surface area contributed by atoms with E-state index in [0.29, 0.717) is 0 Å². The minimum atomic E-state index is 0.00614. The Bertz CT molecular complexity index is 1090. The lowest BCUT2D eigenvalue weighted by atomic mass is 9.71. The van der Waals surface area contributed by atoms with Crippen LogP contribution in [0.2, 0.25) is 0 Å². The molecule has 134 valence electrons. The molecule has 0 heterocycles. The lowest BCUT2D eigenvalue weighted by Gasteiger charge is -2.33. The van der Waals surface area contributed by atoms with Crippen LogP contribution in [0, 0.1) is 5.41 Å². The van der Waals surface area contributed by atoms with Gasteiger partial charge in [-0.1, -0.05) is 96.0 Å². The number of hydrogen-bond acceptors (Lipinski definition) is 0. The molecule has 27 heavy (non-hydrogen) atoms. The molecule has 1 atom stereocenters. The second-order valence-corrected chi connectivity index (χ2v) is 9.29. The van der Waals surface area contributed by atoms with Crippen LogP contribution in [0.15, 0.2) is 82.5 Å². The van der Waals surface area contributed by atoms with Crippen molar-refractivity contribution in [3.05, 3.63) is 105 Å². The van der Waals surface area contributed by atoms with Crippen LogP contribution in [-0.4, -0.2) is 0 Å². The molecule has 2 aromatic carbocycles. The summed E-state index contributed by atoms with van der Waals surface area (Å²) < 4.78 is 0. The molecule has 0 radical (unpaired) electrons. The van der Waals surface area contributed by atoms with Crippen molar-refractivity contribution in [1.82, 2.24) is 0 Å². The van der Waals surface area contributed by atoms with Crippen molar-refractivity contribution in [3.63, 3.8) is 0 Å². The minimum Gasteiger partial charge on any atom is -0.0786 e. The normalized spacial score (nSPS) is 20.6. The summed E-state index contributed by atoms with van der Waals surface area (Å²) in [6.07, 6.45) is 8.25. The van der Waals surface area contributed by atoms with Crippen LogP contribution in [0.25, 0.3) is 12.2 Å². The topological polar surface area (TPSA) is 0 Å². The van der Waals surface area contributed by atoms with Crippen molar-refractivity contribution in [2.24, 2.45) is 5.41 Å². The molecule has 0 saturated heterocycles. The Morgan fingerprint density at radius 3 is 2.37 bits per heavy atom. The van der Waals surface area contributed by atoms with Gasteiger partial charge in [0.1, 0.15) is 0 Å². The standard InChI is InChI=1S/C26H23Br/c1-16-12-23-22(15-19-10-6-7-11-21(19)25(23)27)24(16)26(2,3)20-13-17-8-4-5-9-18(17)14-20/h4-13,15,25H,14H2,1-3H3. The third-order valence-electron chi connectivity index (χ3n) is 6.38. The van der Waals surface area contributed by atoms with Crippen molar-refractivity contribution in [1.29, 1.82) is 0 Å². The van der Waals surface area contributed by atoms with Crippen molar-refractivity contribution < 1.29 is 0 Å². The van der Waals surface area contributed by atoms with Crippen LogP contribution in [0.3, 0.4) is 0 Å². The van der Waals surface area contributed by atoms with E-state index >= 15 is 0 Å². The van der Waals surface area contributed by atoms with Crippen LogP contribution in [0.5, 0.6) is 0 Å². The number of rotatable bonds is 2. The van der Waals surface area contributed by atoms with E-state index < -0.39 is 0 Å². The summed E-state index contributed by atoms with van der Waals surface area (Å²) in [5.74, 6) is 0. The summed E-state index contributed by atoms with van der Waals surface area (Å²) in [5.41, 5.74) is 12.7. The highest BCUT2D eigenvalue weighted by atomic mass is 79.9. The SMILES string of the molecule is CC1=C(C(C)(C)C2=Cc3ccccc3C2)C2=Cc3ccccc3C(Br)C2=C1. The first-order valence-electron chi connectivity index (χ1n) is 9.64. The van der Waals surface area contributed by atoms with Crippen molar-refractivity contribution in [2.75, 3.05) is 0 Å². The first kappa shape index (κ1) is 17.0. The van der Waals surface area contributed by atoms with Gasteiger partial charge in [0.25, 0.3) is 0 Å². The smallest absolute Gasteiger partial charge is 0.0656 e. The molecule has 3 aliphatic rings. The molecule has 5 rings (SSSR count). The number of halogens is 1. The number of allylic oxidation sites excluding steroid dienone is 6. The van der Waals surface area contributed by atoms with Gasteiger partial charge in [0.15, 0.2) is 0 Å². The molecule has 0 aliphatic heterocycles. The summed E-state index contributed by atoms with van der Waals surface area (Å²) >= 11 is 3.97. The van der Waals surface area contributed by atoms with Gasteiger partial charge in [-0.3, -0.25) is 0 Å². The van der Waals surface area contributed by atoms with Gasteiger partial charge in [-0.25, -0.2) is 0 Å². The molecular formula is C26H23Br. The fourth-order valence-electron chi connectivity index (χ4n) is 4.97. The monoisotopic (exact) mass is 414 g/mol. The molecule has 0 nitrogen and oxygen atoms in total. The van der Waals surface area contributed by atoms with E-state index in [9.17, 15) is 0 Å². The van der Waals surface area contributed by atoms with Crippen molar-refractivity contribution in [3.8, 4) is 0 Å². The predicted molar refractivity (Wildman–Crippen MR) is 119 cm³/mol. The second kappa shape index (κ2) is 5.94. The van der Waals surface area contributed by atoms with E-state index in [1.165, 1.54) is 50.1 Å². The molecule has 0 fully saturated rings. The van der Waals surface area contributed by atoms with E-state index in [4.69, 9.17) is 0 Å². The zero-order valence-corrected chi connectivity index (χ0v) is 17.6. The minimum absolute atomic E-state index is 0.00614. The highest BCUT2D eigenvalue weighted by Gasteiger charge is 2.39. The molecule has 0 saturated carbocycles. The molecule has 0 spiro atoms. The van der Waals surface area contributed by atoms with Gasteiger partial charge in [0.2, 0.25) is 0 Å². The number of benzene rings is 2. The molecule has 1 unspecified atom stereocenters. The van der Waals surface area contributed by atoms with E-state index in [-0.39, 0.29) is 10.2 Å². The third kappa shape index (κ3) is 2.48. The lowest BCUT2D eigenvalue weighted by molar-refractivity contribution is 0.538. The third-order valence-corrected chi connectivity index (χ3v) is 7.37. The summed E-state index contributed by atoms with van der Waals surface area (Å²) in [6, 6.07) is 17.5. The maximum absolute atomic E-state index is 3.97. The van der Waals surface area contributed by atoms with Gasteiger partial charge in [0, 0.05) is 5.41 Å². The molecule has 2 aromatic rings. The van der Waals surface area contributed by atoms with Gasteiger partial charge in [-0.15, -0.1) is 0 Å². The average Bonchev–Trinajstić information content (AvgIpc) is 3.23. The van der Waals surface area contributed by atoms with Gasteiger partial charge < -0.3 is 0 Å². The zero-order chi connectivity index (χ0) is 18.8. The van der Waals surface area contributed by atoms with Crippen LogP contribution >= 0.6 is 15.9 Å². The molecular weight excluding hydrogens is 392 g/mol. The van der Waals surface area contributed by atoms with Gasteiger partial charge >= 0.3 is 0 Å². The predicted octanol–water partition coefficient (Wildman–Crippen LogP) is 7.44. The van der Waals surface area contributed by atoms with Crippen LogP contribution in [0.4, 0.5) is 0 Å². The number of fused-ring (bicyclic) bond motifs is 3. The Balaban J connectivity index is 1.60. The summed E-state index contributed by atoms with van der Waals surface area (Å²) in [4.78, 5) is 0.270. The van der Waals surface area contributed by atoms with Crippen molar-refractivity contribution in [2.45, 2.75) is 32.0 Å². The molecule has 0 bridgehead atoms. The second-order valence-electron chi connectivity index (χ2n) is 8.38. The van der Waals surface area contributed by atoms with Gasteiger partial charge in [-0.2, -0.15) is 0 Å². The van der Waals surface area contributed by atoms with E-state index in [1.54, 1.807) is 0 Å². The summed E-state index contributed by atoms with van der Waals surface area (Å²) in [7, 11) is 0. The Morgan fingerprint density at radius 1 is 0.889 bits per heavy atom. The zero-order valence-electron chi connectivity index (χ0n) is 16.0. The summed E-state index contributed by atoms with van der Waals surface area (Å²) in [5, 5.41) is 0. The van der Waals surface area contributed by atoms with Gasteiger partial charge in [-0.05, 0) is 64.0 Å². The van der Waals surface area contributed by atoms with Crippen LogP contribution < -0.4 is 0 Å². The number of hydrogen-bond donors (Lipinski definition) is 0. The van der Waals surface area contributed by atoms with E-state index in [0.717, 1.165) is 6.42 Å². The molecule has 1 heteroatoms. The fourth-order valence-corrected chi connectivity index (χ4v) is 5.77. The lowest BCUT2D eigenvalue weighted by Crippen LogP contribution is -2.21. The largest absolute Gasteiger partial charge is 0.0786 e. The van der Waals surface area contributed by atoms with Crippen LogP contribution in [-0.2, 0) is 6.42 Å².